The molecule has 1 saturated heterocycles. The van der Waals surface area contributed by atoms with E-state index in [0.717, 1.165) is 5.56 Å². The number of halogens is 3. The summed E-state index contributed by atoms with van der Waals surface area (Å²) in [5.74, 6) is -1.24. The van der Waals surface area contributed by atoms with Gasteiger partial charge in [0.05, 0.1) is 5.92 Å². The van der Waals surface area contributed by atoms with Gasteiger partial charge in [-0.15, -0.1) is 0 Å². The molecule has 26 heavy (non-hydrogen) atoms. The third-order valence-corrected chi connectivity index (χ3v) is 4.91. The summed E-state index contributed by atoms with van der Waals surface area (Å²) in [6.07, 6.45) is 0.681. The molecule has 0 saturated carbocycles. The molecule has 1 heterocycles. The van der Waals surface area contributed by atoms with E-state index in [-0.39, 0.29) is 24.8 Å². The summed E-state index contributed by atoms with van der Waals surface area (Å²) in [7, 11) is 0. The zero-order valence-corrected chi connectivity index (χ0v) is 15.4. The summed E-state index contributed by atoms with van der Waals surface area (Å²) in [6, 6.07) is 11.0. The van der Waals surface area contributed by atoms with Crippen molar-refractivity contribution in [1.82, 2.24) is 5.32 Å². The molecule has 3 rings (SSSR count). The first-order valence-corrected chi connectivity index (χ1v) is 8.97. The quantitative estimate of drug-likeness (QED) is 0.837. The van der Waals surface area contributed by atoms with Gasteiger partial charge in [-0.05, 0) is 42.3 Å². The summed E-state index contributed by atoms with van der Waals surface area (Å²) in [5.41, 5.74) is 1.36. The summed E-state index contributed by atoms with van der Waals surface area (Å²) < 4.78 is 13.4. The second-order valence-corrected chi connectivity index (χ2v) is 7.01. The number of hydrogen-bond acceptors (Lipinski definition) is 2. The van der Waals surface area contributed by atoms with Crippen LogP contribution in [0.3, 0.4) is 0 Å². The highest BCUT2D eigenvalue weighted by molar-refractivity contribution is 6.35. The van der Waals surface area contributed by atoms with Gasteiger partial charge >= 0.3 is 0 Å². The Labute approximate surface area is 160 Å². The Hall–Kier alpha value is -2.11. The van der Waals surface area contributed by atoms with Crippen LogP contribution in [0.25, 0.3) is 0 Å². The Kier molecular flexibility index (Phi) is 5.79. The van der Waals surface area contributed by atoms with Crippen molar-refractivity contribution in [2.75, 3.05) is 18.0 Å². The zero-order chi connectivity index (χ0) is 18.7. The Morgan fingerprint density at radius 2 is 2.04 bits per heavy atom. The van der Waals surface area contributed by atoms with Gasteiger partial charge in [0.15, 0.2) is 0 Å². The van der Waals surface area contributed by atoms with Crippen LogP contribution >= 0.6 is 23.2 Å². The molecule has 0 spiro atoms. The standard InChI is InChI=1S/C19H17Cl2FN2O2/c20-14-5-4-12(17(21)9-14)6-7-23-19(26)13-8-18(25)24(11-13)16-3-1-2-15(22)10-16/h1-5,9-10,13H,6-8,11H2,(H,23,26)/t13-/m1/s1. The zero-order valence-electron chi connectivity index (χ0n) is 13.8. The van der Waals surface area contributed by atoms with Gasteiger partial charge in [-0.25, -0.2) is 4.39 Å². The van der Waals surface area contributed by atoms with Crippen molar-refractivity contribution < 1.29 is 14.0 Å². The van der Waals surface area contributed by atoms with Gasteiger partial charge in [-0.2, -0.15) is 0 Å². The van der Waals surface area contributed by atoms with Crippen molar-refractivity contribution in [3.63, 3.8) is 0 Å². The number of rotatable bonds is 5. The topological polar surface area (TPSA) is 49.4 Å². The van der Waals surface area contributed by atoms with E-state index in [1.165, 1.54) is 17.0 Å². The first-order valence-electron chi connectivity index (χ1n) is 8.21. The lowest BCUT2D eigenvalue weighted by Crippen LogP contribution is -2.34. The molecule has 0 aromatic heterocycles. The molecule has 2 aromatic rings. The molecule has 0 unspecified atom stereocenters. The molecule has 0 radical (unpaired) electrons. The normalized spacial score (nSPS) is 16.8. The first-order chi connectivity index (χ1) is 12.4. The van der Waals surface area contributed by atoms with E-state index in [4.69, 9.17) is 23.2 Å². The number of carbonyl (C=O) groups excluding carboxylic acids is 2. The number of carbonyl (C=O) groups is 2. The van der Waals surface area contributed by atoms with Gasteiger partial charge in [0.2, 0.25) is 11.8 Å². The van der Waals surface area contributed by atoms with Crippen LogP contribution in [0.4, 0.5) is 10.1 Å². The highest BCUT2D eigenvalue weighted by atomic mass is 35.5. The molecule has 136 valence electrons. The molecular formula is C19H17Cl2FN2O2. The third-order valence-electron chi connectivity index (χ3n) is 4.32. The lowest BCUT2D eigenvalue weighted by Gasteiger charge is -2.16. The van der Waals surface area contributed by atoms with Crippen LogP contribution in [0.1, 0.15) is 12.0 Å². The lowest BCUT2D eigenvalue weighted by atomic mass is 10.1. The number of hydrogen-bond donors (Lipinski definition) is 1. The second kappa shape index (κ2) is 8.06. The molecule has 1 aliphatic rings. The van der Waals surface area contributed by atoms with Crippen molar-refractivity contribution in [3.05, 3.63) is 63.9 Å². The maximum Gasteiger partial charge on any atom is 0.227 e. The molecule has 1 fully saturated rings. The largest absolute Gasteiger partial charge is 0.355 e. The smallest absolute Gasteiger partial charge is 0.227 e. The predicted octanol–water partition coefficient (Wildman–Crippen LogP) is 3.84. The van der Waals surface area contributed by atoms with E-state index >= 15 is 0 Å². The van der Waals surface area contributed by atoms with Gasteiger partial charge in [0, 0.05) is 35.2 Å². The Balaban J connectivity index is 1.55. The van der Waals surface area contributed by atoms with E-state index in [9.17, 15) is 14.0 Å². The van der Waals surface area contributed by atoms with Crippen LogP contribution in [0, 0.1) is 11.7 Å². The number of amides is 2. The number of anilines is 1. The van der Waals surface area contributed by atoms with Crippen LogP contribution in [-0.2, 0) is 16.0 Å². The van der Waals surface area contributed by atoms with Crippen LogP contribution in [0.15, 0.2) is 42.5 Å². The van der Waals surface area contributed by atoms with Gasteiger partial charge in [0.25, 0.3) is 0 Å². The minimum absolute atomic E-state index is 0.115. The fourth-order valence-corrected chi connectivity index (χ4v) is 3.47. The SMILES string of the molecule is O=C(NCCc1ccc(Cl)cc1Cl)[C@@H]1CC(=O)N(c2cccc(F)c2)C1. The van der Waals surface area contributed by atoms with E-state index in [0.29, 0.717) is 28.7 Å². The van der Waals surface area contributed by atoms with E-state index in [1.807, 2.05) is 6.07 Å². The van der Waals surface area contributed by atoms with Crippen LogP contribution in [0.2, 0.25) is 10.0 Å². The van der Waals surface area contributed by atoms with E-state index in [2.05, 4.69) is 5.32 Å². The summed E-state index contributed by atoms with van der Waals surface area (Å²) in [6.45, 7) is 0.653. The Bertz CT molecular complexity index is 844. The van der Waals surface area contributed by atoms with Crippen molar-refractivity contribution in [2.24, 2.45) is 5.92 Å². The van der Waals surface area contributed by atoms with Crippen LogP contribution in [-0.4, -0.2) is 24.9 Å². The van der Waals surface area contributed by atoms with Crippen LogP contribution < -0.4 is 10.2 Å². The average Bonchev–Trinajstić information content (AvgIpc) is 2.99. The fraction of sp³-hybridized carbons (Fsp3) is 0.263. The monoisotopic (exact) mass is 394 g/mol. The van der Waals surface area contributed by atoms with Gasteiger partial charge in [0.1, 0.15) is 5.82 Å². The molecule has 2 amide bonds. The maximum atomic E-state index is 13.4. The number of nitrogens with one attached hydrogen (secondary N) is 1. The highest BCUT2D eigenvalue weighted by Gasteiger charge is 2.35. The molecule has 7 heteroatoms. The summed E-state index contributed by atoms with van der Waals surface area (Å²) in [5, 5.41) is 3.95. The molecule has 2 aromatic carbocycles. The number of benzene rings is 2. The highest BCUT2D eigenvalue weighted by Crippen LogP contribution is 2.26. The van der Waals surface area contributed by atoms with Crippen molar-refractivity contribution in [2.45, 2.75) is 12.8 Å². The second-order valence-electron chi connectivity index (χ2n) is 6.16. The van der Waals surface area contributed by atoms with Crippen molar-refractivity contribution >= 4 is 40.7 Å². The molecule has 1 atom stereocenters. The van der Waals surface area contributed by atoms with Crippen LogP contribution in [0.5, 0.6) is 0 Å². The average molecular weight is 395 g/mol. The summed E-state index contributed by atoms with van der Waals surface area (Å²) in [4.78, 5) is 26.0. The van der Waals surface area contributed by atoms with E-state index < -0.39 is 11.7 Å². The molecule has 0 aliphatic carbocycles. The Morgan fingerprint density at radius 1 is 1.23 bits per heavy atom. The fourth-order valence-electron chi connectivity index (χ4n) is 2.97. The third kappa shape index (κ3) is 4.34. The van der Waals surface area contributed by atoms with E-state index in [1.54, 1.807) is 24.3 Å². The minimum Gasteiger partial charge on any atom is -0.355 e. The van der Waals surface area contributed by atoms with Crippen molar-refractivity contribution in [3.8, 4) is 0 Å². The van der Waals surface area contributed by atoms with Gasteiger partial charge in [-0.1, -0.05) is 35.3 Å². The minimum atomic E-state index is -0.452. The lowest BCUT2D eigenvalue weighted by molar-refractivity contribution is -0.126. The molecule has 1 N–H and O–H groups in total. The molecule has 0 bridgehead atoms. The number of nitrogens with zero attached hydrogens (tertiary/aromatic N) is 1. The van der Waals surface area contributed by atoms with Gasteiger partial charge in [-0.3, -0.25) is 9.59 Å². The maximum absolute atomic E-state index is 13.4. The molecule has 1 aliphatic heterocycles. The Morgan fingerprint density at radius 3 is 2.77 bits per heavy atom. The molecule has 4 nitrogen and oxygen atoms in total. The van der Waals surface area contributed by atoms with Gasteiger partial charge < -0.3 is 10.2 Å². The first kappa shape index (κ1) is 18.7. The molecular weight excluding hydrogens is 378 g/mol. The van der Waals surface area contributed by atoms with Crippen molar-refractivity contribution in [1.29, 1.82) is 0 Å². The summed E-state index contributed by atoms with van der Waals surface area (Å²) >= 11 is 12.0. The predicted molar refractivity (Wildman–Crippen MR) is 100 cm³/mol.